The minimum atomic E-state index is -0.598. The van der Waals surface area contributed by atoms with Crippen molar-refractivity contribution in [2.75, 3.05) is 19.1 Å². The van der Waals surface area contributed by atoms with Gasteiger partial charge in [-0.1, -0.05) is 11.6 Å². The molecule has 0 bridgehead atoms. The first kappa shape index (κ1) is 17.1. The van der Waals surface area contributed by atoms with Crippen molar-refractivity contribution in [2.45, 2.75) is 13.5 Å². The van der Waals surface area contributed by atoms with Gasteiger partial charge >= 0.3 is 0 Å². The molecule has 1 aromatic heterocycles. The van der Waals surface area contributed by atoms with Crippen LogP contribution < -0.4 is 20.6 Å². The number of nitrogens with one attached hydrogen (secondary N) is 2. The number of nitrogens with two attached hydrogens (primary N) is 1. The monoisotopic (exact) mass is 357 g/mol. The molecular weight excluding hydrogens is 342 g/mol. The first-order valence-corrected chi connectivity index (χ1v) is 7.36. The molecule has 0 saturated heterocycles. The van der Waals surface area contributed by atoms with Crippen molar-refractivity contribution in [3.63, 3.8) is 0 Å². The molecule has 10 heteroatoms. The Morgan fingerprint density at radius 3 is 2.87 bits per heavy atom. The van der Waals surface area contributed by atoms with E-state index in [-0.39, 0.29) is 12.4 Å². The van der Waals surface area contributed by atoms with E-state index in [1.54, 1.807) is 16.8 Å². The van der Waals surface area contributed by atoms with Gasteiger partial charge in [0.2, 0.25) is 4.77 Å². The highest BCUT2D eigenvalue weighted by molar-refractivity contribution is 7.71. The molecule has 4 N–H and O–H groups in total. The number of benzene rings is 1. The van der Waals surface area contributed by atoms with Gasteiger partial charge in [-0.05, 0) is 36.8 Å². The molecule has 1 amide bonds. The second-order valence-electron chi connectivity index (χ2n) is 4.61. The number of methoxy groups -OCH3 is 1. The van der Waals surface area contributed by atoms with Crippen LogP contribution in [0.1, 0.15) is 11.4 Å². The zero-order valence-corrected chi connectivity index (χ0v) is 14.1. The van der Waals surface area contributed by atoms with Crippen LogP contribution in [0.3, 0.4) is 0 Å². The number of hydrogen-bond donors (Lipinski definition) is 3. The van der Waals surface area contributed by atoms with Gasteiger partial charge in [0.05, 0.1) is 18.7 Å². The van der Waals surface area contributed by atoms with Gasteiger partial charge in [0.15, 0.2) is 18.1 Å². The number of aryl methyl sites for hydroxylation is 1. The van der Waals surface area contributed by atoms with Crippen molar-refractivity contribution in [3.8, 4) is 11.5 Å². The fourth-order valence-corrected chi connectivity index (χ4v) is 2.42. The summed E-state index contributed by atoms with van der Waals surface area (Å²) in [7, 11) is 1.48. The lowest BCUT2D eigenvalue weighted by molar-refractivity contribution is -0.119. The largest absolute Gasteiger partial charge is 0.493 e. The molecule has 2 rings (SSSR count). The summed E-state index contributed by atoms with van der Waals surface area (Å²) in [6, 6.07) is 3.45. The molecule has 2 aromatic rings. The lowest BCUT2D eigenvalue weighted by Gasteiger charge is -2.14. The number of halogens is 1. The lowest BCUT2D eigenvalue weighted by Crippen LogP contribution is -2.20. The molecule has 0 aliphatic rings. The zero-order valence-electron chi connectivity index (χ0n) is 12.6. The van der Waals surface area contributed by atoms with E-state index >= 15 is 0 Å². The Hall–Kier alpha value is -2.26. The summed E-state index contributed by atoms with van der Waals surface area (Å²) in [6.07, 6.45) is 0. The molecule has 124 valence electrons. The third kappa shape index (κ3) is 4.14. The summed E-state index contributed by atoms with van der Waals surface area (Å²) in [6.45, 7) is 1.96. The molecule has 0 aliphatic carbocycles. The van der Waals surface area contributed by atoms with E-state index in [4.69, 9.17) is 39.0 Å². The molecule has 0 unspecified atom stereocenters. The summed E-state index contributed by atoms with van der Waals surface area (Å²) in [5, 5.41) is 7.00. The van der Waals surface area contributed by atoms with Crippen LogP contribution in [-0.4, -0.2) is 34.5 Å². The van der Waals surface area contributed by atoms with Crippen molar-refractivity contribution in [1.82, 2.24) is 14.9 Å². The number of hydrogen-bond acceptors (Lipinski definition) is 6. The number of carbonyl (C=O) groups excluding carboxylic acids is 1. The first-order chi connectivity index (χ1) is 10.9. The van der Waals surface area contributed by atoms with Gasteiger partial charge in [-0.25, -0.2) is 4.68 Å². The van der Waals surface area contributed by atoms with Gasteiger partial charge in [-0.15, -0.1) is 0 Å². The van der Waals surface area contributed by atoms with E-state index in [1.807, 2.05) is 6.92 Å². The van der Waals surface area contributed by atoms with Crippen LogP contribution in [0.25, 0.3) is 0 Å². The van der Waals surface area contributed by atoms with Gasteiger partial charge < -0.3 is 20.6 Å². The summed E-state index contributed by atoms with van der Waals surface area (Å²) >= 11 is 11.3. The smallest absolute Gasteiger partial charge is 0.255 e. The van der Waals surface area contributed by atoms with E-state index in [2.05, 4.69) is 15.6 Å². The van der Waals surface area contributed by atoms with Gasteiger partial charge in [0.1, 0.15) is 5.82 Å². The molecule has 8 nitrogen and oxygen atoms in total. The number of aromatic amines is 1. The second kappa shape index (κ2) is 7.34. The molecule has 0 radical (unpaired) electrons. The summed E-state index contributed by atoms with van der Waals surface area (Å²) in [4.78, 5) is 10.8. The number of amides is 1. The van der Waals surface area contributed by atoms with Gasteiger partial charge in [0.25, 0.3) is 5.91 Å². The fourth-order valence-electron chi connectivity index (χ4n) is 1.89. The number of aromatic nitrogens is 3. The highest BCUT2D eigenvalue weighted by Crippen LogP contribution is 2.36. The van der Waals surface area contributed by atoms with Crippen LogP contribution >= 0.6 is 23.8 Å². The Morgan fingerprint density at radius 1 is 1.57 bits per heavy atom. The van der Waals surface area contributed by atoms with E-state index in [0.717, 1.165) is 5.56 Å². The average molecular weight is 358 g/mol. The molecule has 1 heterocycles. The van der Waals surface area contributed by atoms with Crippen molar-refractivity contribution in [3.05, 3.63) is 33.3 Å². The van der Waals surface area contributed by atoms with Crippen LogP contribution in [0.15, 0.2) is 12.1 Å². The second-order valence-corrected chi connectivity index (χ2v) is 5.40. The quantitative estimate of drug-likeness (QED) is 0.648. The normalized spacial score (nSPS) is 10.4. The maximum Gasteiger partial charge on any atom is 0.255 e. The standard InChI is InChI=1S/C13H16ClN5O3S/c1-7-17-18-13(23)19(7)16-5-8-3-9(14)12(10(4-8)21-2)22-6-11(15)20/h3-4,16H,5-6H2,1-2H3,(H2,15,20)(H,18,23). The van der Waals surface area contributed by atoms with Crippen molar-refractivity contribution < 1.29 is 14.3 Å². The van der Waals surface area contributed by atoms with E-state index in [9.17, 15) is 4.79 Å². The van der Waals surface area contributed by atoms with Gasteiger partial charge in [0, 0.05) is 0 Å². The number of H-pyrrole nitrogens is 1. The van der Waals surface area contributed by atoms with E-state index in [0.29, 0.717) is 27.9 Å². The molecule has 0 atom stereocenters. The van der Waals surface area contributed by atoms with Crippen molar-refractivity contribution >= 4 is 29.7 Å². The minimum absolute atomic E-state index is 0.271. The Morgan fingerprint density at radius 2 is 2.30 bits per heavy atom. The van der Waals surface area contributed by atoms with E-state index in [1.165, 1.54) is 7.11 Å². The summed E-state index contributed by atoms with van der Waals surface area (Å²) in [5.41, 5.74) is 9.01. The molecule has 1 aromatic carbocycles. The highest BCUT2D eigenvalue weighted by Gasteiger charge is 2.13. The molecule has 0 spiro atoms. The fraction of sp³-hybridized carbons (Fsp3) is 0.308. The maximum absolute atomic E-state index is 10.8. The zero-order chi connectivity index (χ0) is 17.0. The van der Waals surface area contributed by atoms with Crippen LogP contribution in [0.5, 0.6) is 11.5 Å². The Bertz CT molecular complexity index is 773. The number of primary amides is 1. The number of rotatable bonds is 7. The Labute approximate surface area is 142 Å². The number of ether oxygens (including phenoxy) is 2. The van der Waals surface area contributed by atoms with Crippen LogP contribution in [0.4, 0.5) is 0 Å². The third-order valence-corrected chi connectivity index (χ3v) is 3.48. The summed E-state index contributed by atoms with van der Waals surface area (Å²) < 4.78 is 12.6. The highest BCUT2D eigenvalue weighted by atomic mass is 35.5. The topological polar surface area (TPSA) is 107 Å². The average Bonchev–Trinajstić information content (AvgIpc) is 2.82. The predicted octanol–water partition coefficient (Wildman–Crippen LogP) is 1.52. The SMILES string of the molecule is COc1cc(CNn2c(C)n[nH]c2=S)cc(Cl)c1OCC(N)=O. The number of carbonyl (C=O) groups is 1. The first-order valence-electron chi connectivity index (χ1n) is 6.57. The molecule has 0 aliphatic heterocycles. The summed E-state index contributed by atoms with van der Waals surface area (Å²) in [5.74, 6) is 0.782. The minimum Gasteiger partial charge on any atom is -0.493 e. The maximum atomic E-state index is 10.8. The van der Waals surface area contributed by atoms with E-state index < -0.39 is 5.91 Å². The van der Waals surface area contributed by atoms with Crippen LogP contribution in [0, 0.1) is 11.7 Å². The molecule has 0 saturated carbocycles. The Balaban J connectivity index is 2.19. The Kier molecular flexibility index (Phi) is 5.45. The number of nitrogens with zero attached hydrogens (tertiary/aromatic N) is 2. The molecule has 23 heavy (non-hydrogen) atoms. The van der Waals surface area contributed by atoms with Crippen molar-refractivity contribution in [1.29, 1.82) is 0 Å². The molecule has 0 fully saturated rings. The predicted molar refractivity (Wildman–Crippen MR) is 87.9 cm³/mol. The van der Waals surface area contributed by atoms with Crippen LogP contribution in [0.2, 0.25) is 5.02 Å². The van der Waals surface area contributed by atoms with Gasteiger partial charge in [-0.2, -0.15) is 5.10 Å². The lowest BCUT2D eigenvalue weighted by atomic mass is 10.2. The van der Waals surface area contributed by atoms with Crippen molar-refractivity contribution in [2.24, 2.45) is 5.73 Å². The third-order valence-electron chi connectivity index (χ3n) is 2.93. The van der Waals surface area contributed by atoms with Gasteiger partial charge in [-0.3, -0.25) is 9.89 Å². The molecular formula is C13H16ClN5O3S. The van der Waals surface area contributed by atoms with Crippen LogP contribution in [-0.2, 0) is 11.3 Å².